The molecule has 1 aliphatic rings. The number of aromatic nitrogens is 1. The first kappa shape index (κ1) is 22.7. The molecule has 5 rings (SSSR count). The fraction of sp³-hybridized carbons (Fsp3) is 0.148. The summed E-state index contributed by atoms with van der Waals surface area (Å²) in [7, 11) is 0. The highest BCUT2D eigenvalue weighted by atomic mass is 35.5. The molecule has 0 aliphatic carbocycles. The number of hydrogen-bond donors (Lipinski definition) is 3. The van der Waals surface area contributed by atoms with Gasteiger partial charge >= 0.3 is 6.03 Å². The zero-order chi connectivity index (χ0) is 24.4. The van der Waals surface area contributed by atoms with E-state index in [0.717, 1.165) is 32.5 Å². The van der Waals surface area contributed by atoms with Gasteiger partial charge in [-0.05, 0) is 41.0 Å². The van der Waals surface area contributed by atoms with Gasteiger partial charge in [-0.15, -0.1) is 0 Å². The number of halogens is 1. The van der Waals surface area contributed by atoms with Gasteiger partial charge < -0.3 is 15.6 Å². The van der Waals surface area contributed by atoms with Crippen LogP contribution in [0.2, 0.25) is 5.02 Å². The second kappa shape index (κ2) is 9.64. The number of carbonyl (C=O) groups is 3. The lowest BCUT2D eigenvalue weighted by Crippen LogP contribution is -2.30. The largest absolute Gasteiger partial charge is 0.361 e. The maximum atomic E-state index is 13.0. The molecule has 2 heterocycles. The van der Waals surface area contributed by atoms with E-state index in [2.05, 4.69) is 21.7 Å². The molecule has 1 fully saturated rings. The van der Waals surface area contributed by atoms with E-state index in [1.807, 2.05) is 48.7 Å². The highest BCUT2D eigenvalue weighted by Crippen LogP contribution is 2.34. The van der Waals surface area contributed by atoms with Gasteiger partial charge in [-0.3, -0.25) is 14.5 Å². The van der Waals surface area contributed by atoms with Gasteiger partial charge in [0.05, 0.1) is 13.1 Å². The normalized spacial score (nSPS) is 14.3. The molecule has 35 heavy (non-hydrogen) atoms. The molecule has 1 unspecified atom stereocenters. The predicted molar refractivity (Wildman–Crippen MR) is 134 cm³/mol. The van der Waals surface area contributed by atoms with Crippen LogP contribution in [-0.4, -0.2) is 40.8 Å². The lowest BCUT2D eigenvalue weighted by atomic mass is 9.90. The van der Waals surface area contributed by atoms with Crippen molar-refractivity contribution in [2.75, 3.05) is 13.1 Å². The van der Waals surface area contributed by atoms with Crippen LogP contribution in [0.5, 0.6) is 0 Å². The Morgan fingerprint density at radius 3 is 2.46 bits per heavy atom. The molecule has 1 saturated heterocycles. The van der Waals surface area contributed by atoms with Crippen LogP contribution in [0.15, 0.2) is 79.0 Å². The van der Waals surface area contributed by atoms with Crippen LogP contribution in [-0.2, 0) is 11.3 Å². The summed E-state index contributed by atoms with van der Waals surface area (Å²) in [5.74, 6) is -0.633. The number of para-hydroxylation sites is 1. The van der Waals surface area contributed by atoms with Gasteiger partial charge in [0.25, 0.3) is 5.91 Å². The Hall–Kier alpha value is -4.10. The minimum absolute atomic E-state index is 0.0162. The third-order valence-corrected chi connectivity index (χ3v) is 6.58. The van der Waals surface area contributed by atoms with Crippen molar-refractivity contribution < 1.29 is 14.4 Å². The molecule has 8 heteroatoms. The minimum Gasteiger partial charge on any atom is -0.361 e. The van der Waals surface area contributed by atoms with Crippen molar-refractivity contribution in [3.05, 3.63) is 106 Å². The quantitative estimate of drug-likeness (QED) is 0.337. The molecule has 3 N–H and O–H groups in total. The number of imide groups is 1. The second-order valence-corrected chi connectivity index (χ2v) is 8.82. The summed E-state index contributed by atoms with van der Waals surface area (Å²) < 4.78 is 0. The summed E-state index contributed by atoms with van der Waals surface area (Å²) >= 11 is 6.55. The van der Waals surface area contributed by atoms with Crippen molar-refractivity contribution in [3.63, 3.8) is 0 Å². The van der Waals surface area contributed by atoms with Crippen molar-refractivity contribution in [1.82, 2.24) is 20.5 Å². The van der Waals surface area contributed by atoms with Crippen molar-refractivity contribution >= 4 is 40.3 Å². The Morgan fingerprint density at radius 2 is 1.71 bits per heavy atom. The van der Waals surface area contributed by atoms with Gasteiger partial charge in [0, 0.05) is 40.1 Å². The number of aromatic amines is 1. The van der Waals surface area contributed by atoms with Gasteiger partial charge in [0.15, 0.2) is 0 Å². The van der Waals surface area contributed by atoms with Crippen LogP contribution in [0, 0.1) is 0 Å². The van der Waals surface area contributed by atoms with Gasteiger partial charge in [0.2, 0.25) is 5.91 Å². The lowest BCUT2D eigenvalue weighted by molar-refractivity contribution is -0.125. The number of nitrogens with one attached hydrogen (secondary N) is 3. The number of rotatable bonds is 7. The lowest BCUT2D eigenvalue weighted by Gasteiger charge is -2.19. The van der Waals surface area contributed by atoms with Crippen LogP contribution in [0.3, 0.4) is 0 Å². The van der Waals surface area contributed by atoms with Crippen LogP contribution >= 0.6 is 11.6 Å². The Morgan fingerprint density at radius 1 is 0.971 bits per heavy atom. The van der Waals surface area contributed by atoms with Crippen LogP contribution in [0.1, 0.15) is 33.0 Å². The highest BCUT2D eigenvalue weighted by molar-refractivity contribution is 6.31. The number of fused-ring (bicyclic) bond motifs is 1. The molecular weight excluding hydrogens is 464 g/mol. The maximum Gasteiger partial charge on any atom is 0.324 e. The van der Waals surface area contributed by atoms with Crippen molar-refractivity contribution in [2.45, 2.75) is 12.5 Å². The summed E-state index contributed by atoms with van der Waals surface area (Å²) in [6, 6.07) is 22.2. The van der Waals surface area contributed by atoms with Gasteiger partial charge in [0.1, 0.15) is 0 Å². The molecular formula is C27H23ClN4O3. The highest BCUT2D eigenvalue weighted by Gasteiger charge is 2.28. The number of H-pyrrole nitrogens is 1. The van der Waals surface area contributed by atoms with E-state index in [-0.39, 0.29) is 30.8 Å². The molecule has 0 spiro atoms. The van der Waals surface area contributed by atoms with Crippen molar-refractivity contribution in [2.24, 2.45) is 0 Å². The second-order valence-electron chi connectivity index (χ2n) is 8.41. The topological polar surface area (TPSA) is 94.3 Å². The third kappa shape index (κ3) is 4.63. The molecule has 4 aromatic rings. The van der Waals surface area contributed by atoms with Gasteiger partial charge in [-0.25, -0.2) is 4.79 Å². The number of benzene rings is 3. The summed E-state index contributed by atoms with van der Waals surface area (Å²) in [5, 5.41) is 7.26. The van der Waals surface area contributed by atoms with E-state index in [4.69, 9.17) is 11.6 Å². The molecule has 1 aromatic heterocycles. The summed E-state index contributed by atoms with van der Waals surface area (Å²) in [5.41, 5.74) is 4.26. The van der Waals surface area contributed by atoms with E-state index in [1.54, 1.807) is 24.3 Å². The number of nitrogens with zero attached hydrogens (tertiary/aromatic N) is 1. The molecule has 1 aliphatic heterocycles. The van der Waals surface area contributed by atoms with E-state index in [9.17, 15) is 14.4 Å². The molecule has 176 valence electrons. The molecule has 0 saturated carbocycles. The number of urea groups is 1. The Balaban J connectivity index is 1.33. The van der Waals surface area contributed by atoms with Crippen LogP contribution < -0.4 is 10.6 Å². The number of amides is 4. The fourth-order valence-electron chi connectivity index (χ4n) is 4.38. The zero-order valence-electron chi connectivity index (χ0n) is 18.8. The van der Waals surface area contributed by atoms with Crippen molar-refractivity contribution in [1.29, 1.82) is 0 Å². The van der Waals surface area contributed by atoms with E-state index >= 15 is 0 Å². The summed E-state index contributed by atoms with van der Waals surface area (Å²) in [4.78, 5) is 41.0. The average Bonchev–Trinajstić information content (AvgIpc) is 3.44. The first-order chi connectivity index (χ1) is 17.0. The summed E-state index contributed by atoms with van der Waals surface area (Å²) in [6.45, 7) is 0.540. The van der Waals surface area contributed by atoms with Gasteiger partial charge in [-0.1, -0.05) is 60.1 Å². The molecule has 0 radical (unpaired) electrons. The summed E-state index contributed by atoms with van der Waals surface area (Å²) in [6.07, 6.45) is 1.97. The Bertz CT molecular complexity index is 1400. The zero-order valence-corrected chi connectivity index (χ0v) is 19.5. The van der Waals surface area contributed by atoms with E-state index in [0.29, 0.717) is 17.1 Å². The molecule has 4 amide bonds. The molecule has 1 atom stereocenters. The number of carbonyl (C=O) groups excluding carboxylic acids is 3. The van der Waals surface area contributed by atoms with Crippen LogP contribution in [0.4, 0.5) is 4.79 Å². The van der Waals surface area contributed by atoms with Crippen molar-refractivity contribution in [3.8, 4) is 0 Å². The molecule has 7 nitrogen and oxygen atoms in total. The molecule has 3 aromatic carbocycles. The third-order valence-electron chi connectivity index (χ3n) is 6.24. The predicted octanol–water partition coefficient (Wildman–Crippen LogP) is 4.44. The van der Waals surface area contributed by atoms with Gasteiger partial charge in [-0.2, -0.15) is 0 Å². The molecule has 0 bridgehead atoms. The Labute approximate surface area is 207 Å². The average molecular weight is 487 g/mol. The maximum absolute atomic E-state index is 13.0. The smallest absolute Gasteiger partial charge is 0.324 e. The van der Waals surface area contributed by atoms with E-state index < -0.39 is 6.03 Å². The first-order valence-electron chi connectivity index (χ1n) is 11.3. The fourth-order valence-corrected chi connectivity index (χ4v) is 4.65. The number of hydrogen-bond acceptors (Lipinski definition) is 3. The first-order valence-corrected chi connectivity index (χ1v) is 11.6. The minimum atomic E-state index is -0.403. The van der Waals surface area contributed by atoms with Crippen LogP contribution in [0.25, 0.3) is 10.9 Å². The SMILES string of the molecule is O=C(NCC(c1ccccc1Cl)c1c[nH]c2ccccc12)c1ccc(CN2C(=O)CNC2=O)cc1. The Kier molecular flexibility index (Phi) is 6.25. The monoisotopic (exact) mass is 486 g/mol. The van der Waals surface area contributed by atoms with E-state index in [1.165, 1.54) is 0 Å². The standard InChI is InChI=1S/C27H23ClN4O3/c28-23-7-3-1-5-19(23)21(22-13-29-24-8-4-2-6-20(22)24)14-30-26(34)18-11-9-17(10-12-18)16-32-25(33)15-31-27(32)35/h1-13,21,29H,14-16H2,(H,30,34)(H,31,35).